The molecule has 1 fully saturated rings. The largest absolute Gasteiger partial charge is 0.354 e. The summed E-state index contributed by atoms with van der Waals surface area (Å²) in [5.74, 6) is -0.586. The molecule has 1 unspecified atom stereocenters. The molecule has 0 aliphatic heterocycles. The van der Waals surface area contributed by atoms with Gasteiger partial charge in [-0.25, -0.2) is 0 Å². The first-order valence-corrected chi connectivity index (χ1v) is 6.64. The van der Waals surface area contributed by atoms with E-state index >= 15 is 0 Å². The van der Waals surface area contributed by atoms with Crippen molar-refractivity contribution >= 4 is 5.91 Å². The van der Waals surface area contributed by atoms with Crippen LogP contribution < -0.4 is 5.32 Å². The Bertz CT molecular complexity index is 281. The molecular formula is C13H23N3O. The van der Waals surface area contributed by atoms with Gasteiger partial charge >= 0.3 is 0 Å². The van der Waals surface area contributed by atoms with Gasteiger partial charge in [-0.3, -0.25) is 9.69 Å². The van der Waals surface area contributed by atoms with E-state index in [9.17, 15) is 4.79 Å². The lowest BCUT2D eigenvalue weighted by atomic mass is 10.1. The van der Waals surface area contributed by atoms with Crippen LogP contribution >= 0.6 is 0 Å². The van der Waals surface area contributed by atoms with Crippen molar-refractivity contribution in [2.24, 2.45) is 5.92 Å². The number of carbonyl (C=O) groups is 1. The molecule has 0 radical (unpaired) electrons. The van der Waals surface area contributed by atoms with Crippen molar-refractivity contribution in [3.8, 4) is 6.07 Å². The molecule has 1 aliphatic carbocycles. The first-order chi connectivity index (χ1) is 8.22. The van der Waals surface area contributed by atoms with Gasteiger partial charge < -0.3 is 5.32 Å². The van der Waals surface area contributed by atoms with Crippen LogP contribution in [-0.4, -0.2) is 36.5 Å². The monoisotopic (exact) mass is 237 g/mol. The molecule has 0 spiro atoms. The average molecular weight is 237 g/mol. The predicted molar refractivity (Wildman–Crippen MR) is 67.3 cm³/mol. The van der Waals surface area contributed by atoms with Crippen LogP contribution in [0.15, 0.2) is 0 Å². The number of nitriles is 1. The summed E-state index contributed by atoms with van der Waals surface area (Å²) in [7, 11) is 0. The number of amides is 1. The highest BCUT2D eigenvalue weighted by atomic mass is 16.1. The fraction of sp³-hybridized carbons (Fsp3) is 0.846. The van der Waals surface area contributed by atoms with Crippen LogP contribution in [0.1, 0.15) is 39.5 Å². The van der Waals surface area contributed by atoms with Crippen LogP contribution in [-0.2, 0) is 4.79 Å². The first kappa shape index (κ1) is 14.0. The number of nitrogens with one attached hydrogen (secondary N) is 1. The molecule has 1 atom stereocenters. The van der Waals surface area contributed by atoms with Crippen molar-refractivity contribution in [3.05, 3.63) is 0 Å². The van der Waals surface area contributed by atoms with E-state index in [0.29, 0.717) is 13.0 Å². The predicted octanol–water partition coefficient (Wildman–Crippen LogP) is 1.53. The fourth-order valence-electron chi connectivity index (χ4n) is 2.03. The summed E-state index contributed by atoms with van der Waals surface area (Å²) >= 11 is 0. The molecule has 0 aromatic carbocycles. The standard InChI is InChI=1S/C13H23N3O/c1-3-5-11(10-14)13(17)15-8-9-16(4-2)12-6-7-12/h11-12H,3-9H2,1-2H3,(H,15,17). The van der Waals surface area contributed by atoms with Gasteiger partial charge in [0, 0.05) is 19.1 Å². The Kier molecular flexibility index (Phi) is 5.99. The van der Waals surface area contributed by atoms with Crippen molar-refractivity contribution in [2.45, 2.75) is 45.6 Å². The lowest BCUT2D eigenvalue weighted by Gasteiger charge is -2.20. The summed E-state index contributed by atoms with van der Waals surface area (Å²) in [6.45, 7) is 6.73. The van der Waals surface area contributed by atoms with E-state index in [1.165, 1.54) is 12.8 Å². The van der Waals surface area contributed by atoms with Crippen LogP contribution in [0.2, 0.25) is 0 Å². The number of carbonyl (C=O) groups excluding carboxylic acids is 1. The maximum absolute atomic E-state index is 11.7. The van der Waals surface area contributed by atoms with Gasteiger partial charge in [0.1, 0.15) is 5.92 Å². The van der Waals surface area contributed by atoms with E-state index in [2.05, 4.69) is 23.2 Å². The van der Waals surface area contributed by atoms with E-state index in [1.807, 2.05) is 6.92 Å². The molecule has 0 heterocycles. The number of rotatable bonds is 8. The van der Waals surface area contributed by atoms with Crippen LogP contribution in [0.25, 0.3) is 0 Å². The molecule has 4 nitrogen and oxygen atoms in total. The minimum absolute atomic E-state index is 0.110. The summed E-state index contributed by atoms with van der Waals surface area (Å²) in [5.41, 5.74) is 0. The third-order valence-corrected chi connectivity index (χ3v) is 3.22. The second-order valence-electron chi connectivity index (χ2n) is 4.62. The molecule has 4 heteroatoms. The Hall–Kier alpha value is -1.08. The van der Waals surface area contributed by atoms with E-state index in [-0.39, 0.29) is 5.91 Å². The molecule has 0 bridgehead atoms. The van der Waals surface area contributed by atoms with Crippen molar-refractivity contribution in [1.82, 2.24) is 10.2 Å². The Balaban J connectivity index is 2.20. The van der Waals surface area contributed by atoms with E-state index in [0.717, 1.165) is 25.6 Å². The molecule has 1 aliphatic rings. The summed E-state index contributed by atoms with van der Waals surface area (Å²) in [6, 6.07) is 2.80. The van der Waals surface area contributed by atoms with Gasteiger partial charge in [-0.2, -0.15) is 5.26 Å². The van der Waals surface area contributed by atoms with Gasteiger partial charge in [-0.05, 0) is 25.8 Å². The number of nitrogens with zero attached hydrogens (tertiary/aromatic N) is 2. The van der Waals surface area contributed by atoms with Crippen LogP contribution in [0, 0.1) is 17.2 Å². The highest BCUT2D eigenvalue weighted by Gasteiger charge is 2.27. The average Bonchev–Trinajstić information content (AvgIpc) is 3.15. The zero-order chi connectivity index (χ0) is 12.7. The quantitative estimate of drug-likeness (QED) is 0.696. The molecule has 1 rings (SSSR count). The second-order valence-corrected chi connectivity index (χ2v) is 4.62. The Morgan fingerprint density at radius 3 is 2.71 bits per heavy atom. The maximum atomic E-state index is 11.7. The SMILES string of the molecule is CCCC(C#N)C(=O)NCCN(CC)C1CC1. The van der Waals surface area contributed by atoms with Crippen LogP contribution in [0.5, 0.6) is 0 Å². The second kappa shape index (κ2) is 7.29. The molecule has 0 aromatic rings. The normalized spacial score (nSPS) is 16.6. The van der Waals surface area contributed by atoms with Crippen LogP contribution in [0.3, 0.4) is 0 Å². The summed E-state index contributed by atoms with van der Waals surface area (Å²) in [6.07, 6.45) is 4.11. The van der Waals surface area contributed by atoms with Crippen molar-refractivity contribution < 1.29 is 4.79 Å². The zero-order valence-corrected chi connectivity index (χ0v) is 10.9. The van der Waals surface area contributed by atoms with E-state index < -0.39 is 5.92 Å². The minimum Gasteiger partial charge on any atom is -0.354 e. The molecule has 17 heavy (non-hydrogen) atoms. The van der Waals surface area contributed by atoms with Gasteiger partial charge in [0.2, 0.25) is 5.91 Å². The summed E-state index contributed by atoms with van der Waals surface area (Å²) in [5, 5.41) is 11.7. The number of hydrogen-bond acceptors (Lipinski definition) is 3. The molecule has 1 amide bonds. The fourth-order valence-corrected chi connectivity index (χ4v) is 2.03. The molecule has 0 aromatic heterocycles. The van der Waals surface area contributed by atoms with E-state index in [4.69, 9.17) is 5.26 Å². The molecule has 0 saturated heterocycles. The first-order valence-electron chi connectivity index (χ1n) is 6.64. The van der Waals surface area contributed by atoms with Gasteiger partial charge in [-0.15, -0.1) is 0 Å². The highest BCUT2D eigenvalue weighted by molar-refractivity contribution is 5.80. The Morgan fingerprint density at radius 2 is 2.24 bits per heavy atom. The Labute approximate surface area is 104 Å². The zero-order valence-electron chi connectivity index (χ0n) is 10.9. The molecule has 96 valence electrons. The summed E-state index contributed by atoms with van der Waals surface area (Å²) < 4.78 is 0. The third-order valence-electron chi connectivity index (χ3n) is 3.22. The molecule has 1 N–H and O–H groups in total. The smallest absolute Gasteiger partial charge is 0.237 e. The van der Waals surface area contributed by atoms with Crippen LogP contribution in [0.4, 0.5) is 0 Å². The minimum atomic E-state index is -0.476. The molecular weight excluding hydrogens is 214 g/mol. The third kappa shape index (κ3) is 4.74. The lowest BCUT2D eigenvalue weighted by Crippen LogP contribution is -2.38. The van der Waals surface area contributed by atoms with Gasteiger partial charge in [0.25, 0.3) is 0 Å². The van der Waals surface area contributed by atoms with Crippen molar-refractivity contribution in [2.75, 3.05) is 19.6 Å². The topological polar surface area (TPSA) is 56.1 Å². The van der Waals surface area contributed by atoms with Gasteiger partial charge in [-0.1, -0.05) is 20.3 Å². The van der Waals surface area contributed by atoms with E-state index in [1.54, 1.807) is 0 Å². The van der Waals surface area contributed by atoms with Gasteiger partial charge in [0.05, 0.1) is 6.07 Å². The maximum Gasteiger partial charge on any atom is 0.237 e. The van der Waals surface area contributed by atoms with Gasteiger partial charge in [0.15, 0.2) is 0 Å². The number of hydrogen-bond donors (Lipinski definition) is 1. The van der Waals surface area contributed by atoms with Crippen molar-refractivity contribution in [1.29, 1.82) is 5.26 Å². The Morgan fingerprint density at radius 1 is 1.53 bits per heavy atom. The lowest BCUT2D eigenvalue weighted by molar-refractivity contribution is -0.123. The number of likely N-dealkylation sites (N-methyl/N-ethyl adjacent to an activating group) is 1. The van der Waals surface area contributed by atoms with Crippen molar-refractivity contribution in [3.63, 3.8) is 0 Å². The summed E-state index contributed by atoms with van der Waals surface area (Å²) in [4.78, 5) is 14.1. The molecule has 1 saturated carbocycles. The highest BCUT2D eigenvalue weighted by Crippen LogP contribution is 2.25.